The fourth-order valence-corrected chi connectivity index (χ4v) is 3.21. The molecule has 0 aliphatic rings. The number of ether oxygens (including phenoxy) is 1. The molecule has 0 amide bonds. The highest BCUT2D eigenvalue weighted by molar-refractivity contribution is 7.98. The van der Waals surface area contributed by atoms with Crippen LogP contribution in [0.4, 0.5) is 0 Å². The third kappa shape index (κ3) is 2.32. The summed E-state index contributed by atoms with van der Waals surface area (Å²) in [5.41, 5.74) is 3.97. The third-order valence-electron chi connectivity index (χ3n) is 4.07. The van der Waals surface area contributed by atoms with Crippen LogP contribution in [0.15, 0.2) is 41.7 Å². The Kier molecular flexibility index (Phi) is 3.65. The molecule has 0 saturated carbocycles. The van der Waals surface area contributed by atoms with Crippen molar-refractivity contribution in [2.75, 3.05) is 6.26 Å². The zero-order valence-electron chi connectivity index (χ0n) is 13.7. The van der Waals surface area contributed by atoms with Crippen LogP contribution in [0.3, 0.4) is 0 Å². The van der Waals surface area contributed by atoms with Gasteiger partial charge in [0.05, 0.1) is 11.7 Å². The fraction of sp³-hybridized carbons (Fsp3) is 0.235. The Bertz CT molecular complexity index is 1020. The van der Waals surface area contributed by atoms with Gasteiger partial charge in [0.25, 0.3) is 0 Å². The van der Waals surface area contributed by atoms with Crippen LogP contribution < -0.4 is 4.74 Å². The van der Waals surface area contributed by atoms with Crippen molar-refractivity contribution in [3.05, 3.63) is 42.1 Å². The van der Waals surface area contributed by atoms with E-state index in [1.807, 2.05) is 66.1 Å². The first-order valence-electron chi connectivity index (χ1n) is 7.58. The van der Waals surface area contributed by atoms with Crippen LogP contribution in [0, 0.1) is 0 Å². The van der Waals surface area contributed by atoms with Crippen LogP contribution in [0.1, 0.15) is 5.56 Å². The maximum atomic E-state index is 6.07. The predicted molar refractivity (Wildman–Crippen MR) is 95.3 cm³/mol. The largest absolute Gasteiger partial charge is 0.472 e. The Morgan fingerprint density at radius 3 is 2.67 bits per heavy atom. The lowest BCUT2D eigenvalue weighted by molar-refractivity contribution is 0.295. The maximum absolute atomic E-state index is 6.07. The minimum Gasteiger partial charge on any atom is -0.472 e. The summed E-state index contributed by atoms with van der Waals surface area (Å²) >= 11 is 1.51. The summed E-state index contributed by atoms with van der Waals surface area (Å²) in [6.07, 6.45) is 3.81. The summed E-state index contributed by atoms with van der Waals surface area (Å²) < 4.78 is 9.95. The highest BCUT2D eigenvalue weighted by Gasteiger charge is 2.20. The molecule has 0 spiro atoms. The van der Waals surface area contributed by atoms with Crippen molar-refractivity contribution in [3.63, 3.8) is 0 Å². The highest BCUT2D eigenvalue weighted by atomic mass is 32.2. The van der Waals surface area contributed by atoms with E-state index in [0.29, 0.717) is 17.6 Å². The van der Waals surface area contributed by atoms with Gasteiger partial charge < -0.3 is 9.30 Å². The van der Waals surface area contributed by atoms with Gasteiger partial charge in [-0.25, -0.2) is 4.98 Å². The van der Waals surface area contributed by atoms with Gasteiger partial charge in [-0.2, -0.15) is 10.1 Å². The van der Waals surface area contributed by atoms with Gasteiger partial charge in [0.1, 0.15) is 17.5 Å². The predicted octanol–water partition coefficient (Wildman–Crippen LogP) is 3.16. The van der Waals surface area contributed by atoms with Crippen molar-refractivity contribution >= 4 is 33.8 Å². The smallest absolute Gasteiger partial charge is 0.229 e. The molecule has 0 bridgehead atoms. The molecule has 122 valence electrons. The van der Waals surface area contributed by atoms with Gasteiger partial charge in [-0.1, -0.05) is 42.1 Å². The zero-order chi connectivity index (χ0) is 16.7. The van der Waals surface area contributed by atoms with Crippen molar-refractivity contribution in [2.45, 2.75) is 11.8 Å². The Balaban J connectivity index is 1.89. The summed E-state index contributed by atoms with van der Waals surface area (Å²) in [7, 11) is 3.91. The molecule has 0 fully saturated rings. The summed E-state index contributed by atoms with van der Waals surface area (Å²) in [5.74, 6) is 0.599. The highest BCUT2D eigenvalue weighted by Crippen LogP contribution is 2.34. The number of hydrogen-bond donors (Lipinski definition) is 0. The number of benzene rings is 1. The standard InChI is InChI=1S/C17H17N5OS/c1-21-12-9-18-22(2)14(12)13-15(21)19-17(24-3)20-16(13)23-10-11-7-5-4-6-8-11/h4-9H,10H2,1-3H3. The Morgan fingerprint density at radius 1 is 1.12 bits per heavy atom. The van der Waals surface area contributed by atoms with Gasteiger partial charge in [0, 0.05) is 14.1 Å². The van der Waals surface area contributed by atoms with E-state index in [4.69, 9.17) is 4.74 Å². The molecule has 0 saturated heterocycles. The van der Waals surface area contributed by atoms with E-state index in [2.05, 4.69) is 15.1 Å². The molecule has 0 aliphatic carbocycles. The van der Waals surface area contributed by atoms with Crippen LogP contribution in [0.2, 0.25) is 0 Å². The Morgan fingerprint density at radius 2 is 1.92 bits per heavy atom. The minimum atomic E-state index is 0.467. The van der Waals surface area contributed by atoms with Gasteiger partial charge in [-0.3, -0.25) is 4.68 Å². The van der Waals surface area contributed by atoms with Crippen molar-refractivity contribution in [2.24, 2.45) is 14.1 Å². The van der Waals surface area contributed by atoms with E-state index < -0.39 is 0 Å². The van der Waals surface area contributed by atoms with E-state index in [1.165, 1.54) is 11.8 Å². The second-order valence-electron chi connectivity index (χ2n) is 5.55. The van der Waals surface area contributed by atoms with Gasteiger partial charge in [0.15, 0.2) is 10.8 Å². The number of hydrogen-bond acceptors (Lipinski definition) is 5. The van der Waals surface area contributed by atoms with Crippen molar-refractivity contribution in [3.8, 4) is 5.88 Å². The number of aromatic nitrogens is 5. The van der Waals surface area contributed by atoms with Gasteiger partial charge in [0.2, 0.25) is 5.88 Å². The summed E-state index contributed by atoms with van der Waals surface area (Å²) in [5, 5.41) is 5.95. The molecule has 3 aromatic heterocycles. The number of nitrogens with zero attached hydrogens (tertiary/aromatic N) is 5. The molecule has 0 radical (unpaired) electrons. The molecular weight excluding hydrogens is 322 g/mol. The van der Waals surface area contributed by atoms with Crippen molar-refractivity contribution in [1.29, 1.82) is 0 Å². The molecule has 7 heteroatoms. The summed E-state index contributed by atoms with van der Waals surface area (Å²) in [6.45, 7) is 0.467. The lowest BCUT2D eigenvalue weighted by Crippen LogP contribution is -2.01. The molecule has 0 N–H and O–H groups in total. The average molecular weight is 339 g/mol. The van der Waals surface area contributed by atoms with E-state index in [-0.39, 0.29) is 0 Å². The number of aryl methyl sites for hydroxylation is 2. The first-order chi connectivity index (χ1) is 11.7. The van der Waals surface area contributed by atoms with Crippen LogP contribution in [-0.2, 0) is 20.7 Å². The number of thioether (sulfide) groups is 1. The zero-order valence-corrected chi connectivity index (χ0v) is 14.5. The first kappa shape index (κ1) is 15.0. The minimum absolute atomic E-state index is 0.467. The van der Waals surface area contributed by atoms with Crippen LogP contribution in [0.5, 0.6) is 5.88 Å². The van der Waals surface area contributed by atoms with Crippen LogP contribution in [0.25, 0.3) is 22.1 Å². The monoisotopic (exact) mass is 339 g/mol. The number of fused-ring (bicyclic) bond motifs is 3. The summed E-state index contributed by atoms with van der Waals surface area (Å²) in [4.78, 5) is 9.25. The van der Waals surface area contributed by atoms with E-state index in [9.17, 15) is 0 Å². The molecule has 0 aliphatic heterocycles. The molecule has 6 nitrogen and oxygen atoms in total. The topological polar surface area (TPSA) is 57.8 Å². The molecule has 0 unspecified atom stereocenters. The molecule has 0 atom stereocenters. The normalized spacial score (nSPS) is 11.5. The Labute approximate surface area is 143 Å². The van der Waals surface area contributed by atoms with Gasteiger partial charge in [-0.15, -0.1) is 0 Å². The molecule has 3 heterocycles. The van der Waals surface area contributed by atoms with Gasteiger partial charge in [-0.05, 0) is 11.8 Å². The first-order valence-corrected chi connectivity index (χ1v) is 8.80. The van der Waals surface area contributed by atoms with E-state index in [0.717, 1.165) is 27.6 Å². The van der Waals surface area contributed by atoms with Crippen molar-refractivity contribution in [1.82, 2.24) is 24.3 Å². The van der Waals surface area contributed by atoms with Gasteiger partial charge >= 0.3 is 0 Å². The average Bonchev–Trinajstić information content (AvgIpc) is 3.13. The fourth-order valence-electron chi connectivity index (χ4n) is 2.86. The lowest BCUT2D eigenvalue weighted by atomic mass is 10.2. The van der Waals surface area contributed by atoms with E-state index in [1.54, 1.807) is 0 Å². The Hall–Kier alpha value is -2.54. The second kappa shape index (κ2) is 5.83. The quantitative estimate of drug-likeness (QED) is 0.422. The SMILES string of the molecule is CSc1nc(OCc2ccccc2)c2c3c(cnn3C)n(C)c2n1. The van der Waals surface area contributed by atoms with Crippen LogP contribution >= 0.6 is 11.8 Å². The lowest BCUT2D eigenvalue weighted by Gasteiger charge is -2.09. The van der Waals surface area contributed by atoms with Crippen molar-refractivity contribution < 1.29 is 4.74 Å². The molecular formula is C17H17N5OS. The second-order valence-corrected chi connectivity index (χ2v) is 6.32. The summed E-state index contributed by atoms with van der Waals surface area (Å²) in [6, 6.07) is 10.1. The van der Waals surface area contributed by atoms with Crippen LogP contribution in [-0.4, -0.2) is 30.6 Å². The number of rotatable bonds is 4. The molecule has 4 aromatic rings. The molecule has 4 rings (SSSR count). The van der Waals surface area contributed by atoms with E-state index >= 15 is 0 Å². The maximum Gasteiger partial charge on any atom is 0.229 e. The molecule has 1 aromatic carbocycles. The third-order valence-corrected chi connectivity index (χ3v) is 4.62. The molecule has 24 heavy (non-hydrogen) atoms.